The van der Waals surface area contributed by atoms with E-state index in [4.69, 9.17) is 9.15 Å². The molecule has 1 saturated heterocycles. The van der Waals surface area contributed by atoms with Crippen LogP contribution in [0.3, 0.4) is 0 Å². The van der Waals surface area contributed by atoms with Crippen molar-refractivity contribution in [2.45, 2.75) is 26.0 Å². The molecule has 1 aliphatic rings. The number of anilines is 1. The van der Waals surface area contributed by atoms with Crippen LogP contribution in [0.25, 0.3) is 11.1 Å². The average molecular weight is 423 g/mol. The van der Waals surface area contributed by atoms with Crippen molar-refractivity contribution >= 4 is 11.6 Å². The number of benzene rings is 2. The number of nitrogens with one attached hydrogen (secondary N) is 1. The first kappa shape index (κ1) is 21.3. The van der Waals surface area contributed by atoms with Gasteiger partial charge in [0.2, 0.25) is 5.91 Å². The van der Waals surface area contributed by atoms with E-state index in [1.54, 1.807) is 19.2 Å². The molecule has 31 heavy (non-hydrogen) atoms. The Morgan fingerprint density at radius 3 is 2.74 bits per heavy atom. The summed E-state index contributed by atoms with van der Waals surface area (Å²) >= 11 is 0. The van der Waals surface area contributed by atoms with E-state index in [1.807, 2.05) is 36.4 Å². The van der Waals surface area contributed by atoms with Gasteiger partial charge in [-0.3, -0.25) is 9.69 Å². The third kappa shape index (κ3) is 5.60. The Kier molecular flexibility index (Phi) is 6.79. The number of hydrogen-bond donors (Lipinski definition) is 1. The van der Waals surface area contributed by atoms with Crippen molar-refractivity contribution in [2.24, 2.45) is 5.92 Å². The predicted molar refractivity (Wildman–Crippen MR) is 118 cm³/mol. The van der Waals surface area contributed by atoms with Crippen LogP contribution in [0.1, 0.15) is 24.4 Å². The minimum absolute atomic E-state index is 0.0282. The average Bonchev–Trinajstić information content (AvgIpc) is 3.22. The maximum Gasteiger partial charge on any atom is 0.228 e. The maximum absolute atomic E-state index is 13.2. The molecule has 0 bridgehead atoms. The van der Waals surface area contributed by atoms with Gasteiger partial charge in [0.15, 0.2) is 0 Å². The molecule has 162 valence electrons. The monoisotopic (exact) mass is 422 g/mol. The second-order valence-electron chi connectivity index (χ2n) is 7.95. The Morgan fingerprint density at radius 1 is 1.13 bits per heavy atom. The SMILES string of the molecule is COCc1ccc(CN2CCCC(C(=O)Nc3cccc(-c4ccc(F)cc4)c3)C2)o1. The van der Waals surface area contributed by atoms with Crippen LogP contribution in [-0.4, -0.2) is 31.0 Å². The quantitative estimate of drug-likeness (QED) is 0.577. The summed E-state index contributed by atoms with van der Waals surface area (Å²) in [6.07, 6.45) is 1.84. The molecule has 2 heterocycles. The third-order valence-corrected chi connectivity index (χ3v) is 5.57. The summed E-state index contributed by atoms with van der Waals surface area (Å²) in [7, 11) is 1.64. The van der Waals surface area contributed by atoms with E-state index in [9.17, 15) is 9.18 Å². The van der Waals surface area contributed by atoms with Crippen molar-refractivity contribution in [2.75, 3.05) is 25.5 Å². The molecule has 1 unspecified atom stereocenters. The zero-order valence-electron chi connectivity index (χ0n) is 17.6. The van der Waals surface area contributed by atoms with Crippen LogP contribution < -0.4 is 5.32 Å². The first-order valence-corrected chi connectivity index (χ1v) is 10.6. The Morgan fingerprint density at radius 2 is 1.94 bits per heavy atom. The van der Waals surface area contributed by atoms with Gasteiger partial charge in [0, 0.05) is 19.3 Å². The summed E-state index contributed by atoms with van der Waals surface area (Å²) in [6, 6.07) is 17.9. The number of furan rings is 1. The Labute approximate surface area is 181 Å². The lowest BCUT2D eigenvalue weighted by Crippen LogP contribution is -2.40. The molecule has 0 aliphatic carbocycles. The first-order chi connectivity index (χ1) is 15.1. The van der Waals surface area contributed by atoms with E-state index in [0.717, 1.165) is 47.7 Å². The highest BCUT2D eigenvalue weighted by Crippen LogP contribution is 2.25. The number of rotatable bonds is 7. The van der Waals surface area contributed by atoms with E-state index in [2.05, 4.69) is 10.2 Å². The maximum atomic E-state index is 13.2. The highest BCUT2D eigenvalue weighted by Gasteiger charge is 2.26. The number of piperidine rings is 1. The van der Waals surface area contributed by atoms with Gasteiger partial charge in [-0.05, 0) is 66.9 Å². The Bertz CT molecular complexity index is 1020. The molecule has 1 N–H and O–H groups in total. The number of likely N-dealkylation sites (tertiary alicyclic amines) is 1. The van der Waals surface area contributed by atoms with Crippen molar-refractivity contribution in [3.05, 3.63) is 78.0 Å². The highest BCUT2D eigenvalue weighted by atomic mass is 19.1. The number of halogens is 1. The lowest BCUT2D eigenvalue weighted by Gasteiger charge is -2.31. The van der Waals surface area contributed by atoms with Gasteiger partial charge in [0.05, 0.1) is 12.5 Å². The van der Waals surface area contributed by atoms with Gasteiger partial charge < -0.3 is 14.5 Å². The molecular formula is C25H27FN2O3. The fourth-order valence-electron chi connectivity index (χ4n) is 4.02. The molecule has 2 aromatic carbocycles. The molecule has 6 heteroatoms. The molecule has 1 aromatic heterocycles. The number of carbonyl (C=O) groups is 1. The molecule has 0 spiro atoms. The molecule has 0 saturated carbocycles. The van der Waals surface area contributed by atoms with Gasteiger partial charge in [-0.2, -0.15) is 0 Å². The number of ether oxygens (including phenoxy) is 1. The van der Waals surface area contributed by atoms with Gasteiger partial charge >= 0.3 is 0 Å². The van der Waals surface area contributed by atoms with Crippen LogP contribution in [-0.2, 0) is 22.7 Å². The molecule has 4 rings (SSSR count). The smallest absolute Gasteiger partial charge is 0.228 e. The second kappa shape index (κ2) is 9.90. The zero-order valence-corrected chi connectivity index (χ0v) is 17.6. The normalized spacial score (nSPS) is 16.9. The predicted octanol–water partition coefficient (Wildman–Crippen LogP) is 5.08. The molecule has 1 amide bonds. The largest absolute Gasteiger partial charge is 0.462 e. The summed E-state index contributed by atoms with van der Waals surface area (Å²) in [6.45, 7) is 2.80. The molecular weight excluding hydrogens is 395 g/mol. The summed E-state index contributed by atoms with van der Waals surface area (Å²) in [5.74, 6) is 1.39. The second-order valence-corrected chi connectivity index (χ2v) is 7.95. The summed E-state index contributed by atoms with van der Waals surface area (Å²) in [5.41, 5.74) is 2.60. The fourth-order valence-corrected chi connectivity index (χ4v) is 4.02. The van der Waals surface area contributed by atoms with Crippen molar-refractivity contribution in [1.29, 1.82) is 0 Å². The summed E-state index contributed by atoms with van der Waals surface area (Å²) in [5, 5.41) is 3.06. The van der Waals surface area contributed by atoms with Crippen LogP contribution in [0.15, 0.2) is 65.1 Å². The van der Waals surface area contributed by atoms with Crippen molar-refractivity contribution < 1.29 is 18.3 Å². The molecule has 1 atom stereocenters. The zero-order chi connectivity index (χ0) is 21.6. The number of hydrogen-bond acceptors (Lipinski definition) is 4. The van der Waals surface area contributed by atoms with Gasteiger partial charge in [0.1, 0.15) is 23.9 Å². The fraction of sp³-hybridized carbons (Fsp3) is 0.320. The van der Waals surface area contributed by atoms with Crippen LogP contribution in [0.2, 0.25) is 0 Å². The Hall–Kier alpha value is -2.96. The first-order valence-electron chi connectivity index (χ1n) is 10.6. The molecule has 1 fully saturated rings. The molecule has 1 aliphatic heterocycles. The van der Waals surface area contributed by atoms with Crippen molar-refractivity contribution in [1.82, 2.24) is 4.90 Å². The Balaban J connectivity index is 1.36. The van der Waals surface area contributed by atoms with Crippen LogP contribution in [0.5, 0.6) is 0 Å². The van der Waals surface area contributed by atoms with E-state index in [-0.39, 0.29) is 17.6 Å². The lowest BCUT2D eigenvalue weighted by atomic mass is 9.96. The van der Waals surface area contributed by atoms with Crippen LogP contribution in [0, 0.1) is 11.7 Å². The van der Waals surface area contributed by atoms with Gasteiger partial charge in [-0.1, -0.05) is 24.3 Å². The number of carbonyl (C=O) groups excluding carboxylic acids is 1. The molecule has 3 aromatic rings. The summed E-state index contributed by atoms with van der Waals surface area (Å²) < 4.78 is 24.1. The van der Waals surface area contributed by atoms with E-state index in [0.29, 0.717) is 19.7 Å². The van der Waals surface area contributed by atoms with E-state index >= 15 is 0 Å². The molecule has 0 radical (unpaired) electrons. The number of nitrogens with zero attached hydrogens (tertiary/aromatic N) is 1. The summed E-state index contributed by atoms with van der Waals surface area (Å²) in [4.78, 5) is 15.2. The van der Waals surface area contributed by atoms with Crippen molar-refractivity contribution in [3.63, 3.8) is 0 Å². The number of amides is 1. The molecule has 5 nitrogen and oxygen atoms in total. The van der Waals surface area contributed by atoms with Crippen LogP contribution in [0.4, 0.5) is 10.1 Å². The van der Waals surface area contributed by atoms with E-state index < -0.39 is 0 Å². The lowest BCUT2D eigenvalue weighted by molar-refractivity contribution is -0.121. The standard InChI is InChI=1S/C25H27FN2O3/c1-30-17-24-12-11-23(31-24)16-28-13-3-5-20(15-28)25(29)27-22-6-2-4-19(14-22)18-7-9-21(26)10-8-18/h2,4,6-12,14,20H,3,5,13,15-17H2,1H3,(H,27,29). The minimum atomic E-state index is -0.264. The van der Waals surface area contributed by atoms with Gasteiger partial charge in [-0.15, -0.1) is 0 Å². The van der Waals surface area contributed by atoms with Gasteiger partial charge in [0.25, 0.3) is 0 Å². The third-order valence-electron chi connectivity index (χ3n) is 5.57. The van der Waals surface area contributed by atoms with Crippen LogP contribution >= 0.6 is 0 Å². The number of methoxy groups -OCH3 is 1. The highest BCUT2D eigenvalue weighted by molar-refractivity contribution is 5.93. The topological polar surface area (TPSA) is 54.7 Å². The van der Waals surface area contributed by atoms with Gasteiger partial charge in [-0.25, -0.2) is 4.39 Å². The minimum Gasteiger partial charge on any atom is -0.462 e. The van der Waals surface area contributed by atoms with E-state index in [1.165, 1.54) is 12.1 Å². The van der Waals surface area contributed by atoms with Crippen molar-refractivity contribution in [3.8, 4) is 11.1 Å².